The molecule has 8 nitrogen and oxygen atoms in total. The summed E-state index contributed by atoms with van der Waals surface area (Å²) in [6, 6.07) is 0. The second-order valence-electron chi connectivity index (χ2n) is 3.43. The molecule has 17 heavy (non-hydrogen) atoms. The van der Waals surface area contributed by atoms with Crippen molar-refractivity contribution in [2.45, 2.75) is 13.2 Å². The van der Waals surface area contributed by atoms with Crippen LogP contribution < -0.4 is 4.57 Å². The molecule has 0 aliphatic carbocycles. The summed E-state index contributed by atoms with van der Waals surface area (Å²) in [4.78, 5) is 9.70. The summed E-state index contributed by atoms with van der Waals surface area (Å²) in [6.07, 6.45) is 5.23. The molecule has 1 heterocycles. The van der Waals surface area contributed by atoms with E-state index in [1.165, 1.54) is 6.21 Å². The molecule has 94 valence electrons. The van der Waals surface area contributed by atoms with Gasteiger partial charge in [-0.25, -0.2) is 9.13 Å². The first kappa shape index (κ1) is 13.1. The Morgan fingerprint density at radius 1 is 1.76 bits per heavy atom. The number of nitro groups is 1. The van der Waals surface area contributed by atoms with Crippen LogP contribution in [0.1, 0.15) is 12.2 Å². The van der Waals surface area contributed by atoms with Gasteiger partial charge in [-0.2, -0.15) is 0 Å². The van der Waals surface area contributed by atoms with Gasteiger partial charge >= 0.3 is 5.82 Å². The van der Waals surface area contributed by atoms with Gasteiger partial charge in [-0.15, -0.1) is 0 Å². The van der Waals surface area contributed by atoms with Crippen molar-refractivity contribution in [1.82, 2.24) is 4.57 Å². The highest BCUT2D eigenvalue weighted by molar-refractivity contribution is 5.72. The van der Waals surface area contributed by atoms with E-state index < -0.39 is 0 Å². The van der Waals surface area contributed by atoms with E-state index >= 15 is 0 Å². The van der Waals surface area contributed by atoms with Crippen molar-refractivity contribution in [3.63, 3.8) is 0 Å². The molecular formula is C9H15N4O4+. The lowest BCUT2D eigenvalue weighted by Gasteiger charge is -2.00. The molecule has 0 amide bonds. The zero-order chi connectivity index (χ0) is 12.7. The molecule has 0 saturated carbocycles. The van der Waals surface area contributed by atoms with Crippen LogP contribution in [0.4, 0.5) is 0 Å². The standard InChI is InChI=1S/C9H14N4O4/c1-11-4-5-12(9(11)7-10-14)8-17-6-2-3-13(15)16/h4-5,7H,2-3,6,8H2,1H3/p+1. The Balaban J connectivity index is 2.39. The van der Waals surface area contributed by atoms with Crippen LogP contribution in [-0.4, -0.2) is 34.1 Å². The number of ether oxygens (including phenoxy) is 1. The van der Waals surface area contributed by atoms with Crippen LogP contribution in [0.5, 0.6) is 0 Å². The molecule has 0 fully saturated rings. The molecule has 1 rings (SSSR count). The highest BCUT2D eigenvalue weighted by Crippen LogP contribution is 1.94. The second-order valence-corrected chi connectivity index (χ2v) is 3.43. The van der Waals surface area contributed by atoms with Gasteiger partial charge in [-0.3, -0.25) is 10.1 Å². The van der Waals surface area contributed by atoms with Crippen LogP contribution in [0, 0.1) is 10.1 Å². The molecule has 0 unspecified atom stereocenters. The molecule has 8 heteroatoms. The molecule has 0 aromatic carbocycles. The Bertz CT molecular complexity index is 402. The number of aryl methyl sites for hydroxylation is 1. The van der Waals surface area contributed by atoms with Gasteiger partial charge in [0, 0.05) is 11.3 Å². The maximum absolute atomic E-state index is 10.1. The summed E-state index contributed by atoms with van der Waals surface area (Å²) in [5.74, 6) is 0.668. The van der Waals surface area contributed by atoms with Gasteiger partial charge in [-0.1, -0.05) is 5.16 Å². The lowest BCUT2D eigenvalue weighted by molar-refractivity contribution is -0.672. The van der Waals surface area contributed by atoms with Gasteiger partial charge in [0.05, 0.1) is 13.7 Å². The van der Waals surface area contributed by atoms with E-state index in [0.29, 0.717) is 18.9 Å². The van der Waals surface area contributed by atoms with Crippen LogP contribution in [0.15, 0.2) is 17.5 Å². The first-order chi connectivity index (χ1) is 8.15. The van der Waals surface area contributed by atoms with Gasteiger partial charge < -0.3 is 9.94 Å². The van der Waals surface area contributed by atoms with Gasteiger partial charge in [0.1, 0.15) is 12.4 Å². The van der Waals surface area contributed by atoms with Crippen LogP contribution in [0.2, 0.25) is 0 Å². The van der Waals surface area contributed by atoms with Gasteiger partial charge in [0.15, 0.2) is 12.9 Å². The number of nitrogens with zero attached hydrogens (tertiary/aromatic N) is 4. The Morgan fingerprint density at radius 2 is 2.53 bits per heavy atom. The number of aromatic nitrogens is 2. The largest absolute Gasteiger partial charge is 0.411 e. The average molecular weight is 243 g/mol. The van der Waals surface area contributed by atoms with E-state index in [4.69, 9.17) is 9.94 Å². The van der Waals surface area contributed by atoms with Crippen LogP contribution in [0.25, 0.3) is 0 Å². The minimum atomic E-state index is -0.372. The van der Waals surface area contributed by atoms with Crippen LogP contribution in [0.3, 0.4) is 0 Å². The topological polar surface area (TPSA) is 93.8 Å². The normalized spacial score (nSPS) is 11.1. The molecule has 0 aliphatic rings. The molecule has 0 radical (unpaired) electrons. The third-order valence-electron chi connectivity index (χ3n) is 2.16. The summed E-state index contributed by atoms with van der Waals surface area (Å²) >= 11 is 0. The van der Waals surface area contributed by atoms with E-state index in [1.54, 1.807) is 28.6 Å². The second kappa shape index (κ2) is 6.59. The number of hydrogen-bond donors (Lipinski definition) is 1. The number of rotatable bonds is 7. The predicted molar refractivity (Wildman–Crippen MR) is 57.4 cm³/mol. The third kappa shape index (κ3) is 4.19. The van der Waals surface area contributed by atoms with Crippen molar-refractivity contribution in [2.75, 3.05) is 13.2 Å². The van der Waals surface area contributed by atoms with Crippen molar-refractivity contribution < 1.29 is 19.4 Å². The molecule has 1 aromatic rings. The summed E-state index contributed by atoms with van der Waals surface area (Å²) in [5, 5.41) is 21.5. The summed E-state index contributed by atoms with van der Waals surface area (Å²) in [7, 11) is 1.81. The first-order valence-corrected chi connectivity index (χ1v) is 5.07. The van der Waals surface area contributed by atoms with E-state index in [0.717, 1.165) is 0 Å². The Hall–Kier alpha value is -1.96. The fourth-order valence-corrected chi connectivity index (χ4v) is 1.32. The fraction of sp³-hybridized carbons (Fsp3) is 0.556. The summed E-state index contributed by atoms with van der Waals surface area (Å²) in [6.45, 7) is 0.489. The highest BCUT2D eigenvalue weighted by Gasteiger charge is 2.12. The van der Waals surface area contributed by atoms with E-state index in [9.17, 15) is 10.1 Å². The number of hydrogen-bond acceptors (Lipinski definition) is 5. The maximum atomic E-state index is 10.1. The Morgan fingerprint density at radius 3 is 3.18 bits per heavy atom. The molecule has 0 bridgehead atoms. The minimum Gasteiger partial charge on any atom is -0.411 e. The molecule has 0 spiro atoms. The van der Waals surface area contributed by atoms with Crippen molar-refractivity contribution in [3.8, 4) is 0 Å². The Kier molecular flexibility index (Phi) is 5.08. The summed E-state index contributed by atoms with van der Waals surface area (Å²) < 4.78 is 8.76. The van der Waals surface area contributed by atoms with E-state index in [-0.39, 0.29) is 18.2 Å². The van der Waals surface area contributed by atoms with Crippen LogP contribution >= 0.6 is 0 Å². The van der Waals surface area contributed by atoms with Gasteiger partial charge in [0.2, 0.25) is 6.54 Å². The van der Waals surface area contributed by atoms with Crippen molar-refractivity contribution in [3.05, 3.63) is 28.3 Å². The average Bonchev–Trinajstić information content (AvgIpc) is 2.61. The monoisotopic (exact) mass is 243 g/mol. The first-order valence-electron chi connectivity index (χ1n) is 5.07. The Labute approximate surface area is 97.9 Å². The summed E-state index contributed by atoms with van der Waals surface area (Å²) in [5.41, 5.74) is 0. The quantitative estimate of drug-likeness (QED) is 0.179. The molecule has 1 N–H and O–H groups in total. The minimum absolute atomic E-state index is 0.0928. The SMILES string of the molecule is C[n+]1ccn(COCCC[N+](=O)[O-])c1/C=N/O. The van der Waals surface area contributed by atoms with Crippen molar-refractivity contribution in [1.29, 1.82) is 0 Å². The predicted octanol–water partition coefficient (Wildman–Crippen LogP) is -0.238. The number of oxime groups is 1. The molecule has 0 saturated heterocycles. The lowest BCUT2D eigenvalue weighted by Crippen LogP contribution is -2.32. The van der Waals surface area contributed by atoms with Crippen molar-refractivity contribution >= 4 is 6.21 Å². The maximum Gasteiger partial charge on any atom is 0.305 e. The number of imidazole rings is 1. The molecule has 0 atom stereocenters. The van der Waals surface area contributed by atoms with Gasteiger partial charge in [-0.05, 0) is 0 Å². The van der Waals surface area contributed by atoms with E-state index in [1.807, 2.05) is 0 Å². The molecule has 0 aliphatic heterocycles. The highest BCUT2D eigenvalue weighted by atomic mass is 16.6. The van der Waals surface area contributed by atoms with Crippen LogP contribution in [-0.2, 0) is 18.5 Å². The van der Waals surface area contributed by atoms with Gasteiger partial charge in [0.25, 0.3) is 0 Å². The molecular weight excluding hydrogens is 228 g/mol. The van der Waals surface area contributed by atoms with E-state index in [2.05, 4.69) is 5.16 Å². The smallest absolute Gasteiger partial charge is 0.305 e. The third-order valence-corrected chi connectivity index (χ3v) is 2.16. The van der Waals surface area contributed by atoms with Crippen molar-refractivity contribution in [2.24, 2.45) is 12.2 Å². The zero-order valence-corrected chi connectivity index (χ0v) is 9.52. The fourth-order valence-electron chi connectivity index (χ4n) is 1.32. The lowest BCUT2D eigenvalue weighted by atomic mass is 10.5. The molecule has 1 aromatic heterocycles. The zero-order valence-electron chi connectivity index (χ0n) is 9.52.